The summed E-state index contributed by atoms with van der Waals surface area (Å²) in [5.74, 6) is 2.36. The molecule has 0 amide bonds. The Morgan fingerprint density at radius 3 is 2.67 bits per heavy atom. The predicted octanol–water partition coefficient (Wildman–Crippen LogP) is 2.79. The Kier molecular flexibility index (Phi) is 5.57. The summed E-state index contributed by atoms with van der Waals surface area (Å²) in [7, 11) is 0. The molecule has 9 heteroatoms. The molecule has 33 heavy (non-hydrogen) atoms. The van der Waals surface area contributed by atoms with Gasteiger partial charge in [-0.05, 0) is 31.5 Å². The minimum absolute atomic E-state index is 0.0637. The molecule has 0 aliphatic carbocycles. The van der Waals surface area contributed by atoms with E-state index in [0.29, 0.717) is 19.2 Å². The first kappa shape index (κ1) is 20.4. The molecule has 1 aromatic carbocycles. The maximum atomic E-state index is 6.30. The Morgan fingerprint density at radius 2 is 1.85 bits per heavy atom. The molecule has 1 atom stereocenters. The first-order chi connectivity index (χ1) is 16.3. The third-order valence-electron chi connectivity index (χ3n) is 6.46. The van der Waals surface area contributed by atoms with E-state index in [0.717, 1.165) is 73.1 Å². The van der Waals surface area contributed by atoms with Gasteiger partial charge >= 0.3 is 0 Å². The molecule has 172 valence electrons. The summed E-state index contributed by atoms with van der Waals surface area (Å²) in [6.07, 6.45) is 3.21. The second-order valence-electron chi connectivity index (χ2n) is 8.84. The van der Waals surface area contributed by atoms with Crippen molar-refractivity contribution in [1.29, 1.82) is 0 Å². The lowest BCUT2D eigenvalue weighted by atomic mass is 10.1. The number of likely N-dealkylation sites (tertiary alicyclic amines) is 1. The lowest BCUT2D eigenvalue weighted by Gasteiger charge is -2.28. The average molecular weight is 448 g/mol. The highest BCUT2D eigenvalue weighted by atomic mass is 16.5. The summed E-state index contributed by atoms with van der Waals surface area (Å²) in [5, 5.41) is 7.95. The SMILES string of the molecule is c1ccc(C2=NNC(Nc3nc(N4CCOCC4)c4oc(CN5CCCC5)cc4n3)C2)cc1. The number of nitrogens with zero attached hydrogens (tertiary/aromatic N) is 5. The number of morpholine rings is 1. The Morgan fingerprint density at radius 1 is 1.03 bits per heavy atom. The van der Waals surface area contributed by atoms with Gasteiger partial charge < -0.3 is 19.4 Å². The number of hydrazone groups is 1. The van der Waals surface area contributed by atoms with E-state index in [1.165, 1.54) is 12.8 Å². The Labute approximate surface area is 192 Å². The molecule has 3 aliphatic rings. The number of anilines is 2. The molecule has 0 radical (unpaired) electrons. The average Bonchev–Trinajstić information content (AvgIpc) is 3.61. The normalized spacial score (nSPS) is 21.4. The van der Waals surface area contributed by atoms with Crippen molar-refractivity contribution in [2.45, 2.75) is 32.0 Å². The van der Waals surface area contributed by atoms with Crippen molar-refractivity contribution in [1.82, 2.24) is 20.3 Å². The van der Waals surface area contributed by atoms with E-state index in [1.807, 2.05) is 18.2 Å². The molecule has 5 heterocycles. The van der Waals surface area contributed by atoms with Crippen molar-refractivity contribution >= 4 is 28.6 Å². The van der Waals surface area contributed by atoms with Gasteiger partial charge in [0.25, 0.3) is 0 Å². The number of nitrogens with one attached hydrogen (secondary N) is 2. The van der Waals surface area contributed by atoms with Crippen LogP contribution in [-0.4, -0.2) is 66.1 Å². The third-order valence-corrected chi connectivity index (χ3v) is 6.46. The van der Waals surface area contributed by atoms with Crippen molar-refractivity contribution in [2.75, 3.05) is 49.6 Å². The van der Waals surface area contributed by atoms with Crippen LogP contribution in [0.2, 0.25) is 0 Å². The molecule has 0 bridgehead atoms. The van der Waals surface area contributed by atoms with E-state index in [1.54, 1.807) is 0 Å². The topological polar surface area (TPSA) is 91.0 Å². The molecule has 2 N–H and O–H groups in total. The van der Waals surface area contributed by atoms with Crippen LogP contribution in [0.1, 0.15) is 30.6 Å². The van der Waals surface area contributed by atoms with Gasteiger partial charge in [0.2, 0.25) is 5.95 Å². The molecule has 2 aromatic heterocycles. The van der Waals surface area contributed by atoms with Crippen molar-refractivity contribution in [2.24, 2.45) is 5.10 Å². The first-order valence-electron chi connectivity index (χ1n) is 11.8. The molecule has 3 aliphatic heterocycles. The van der Waals surface area contributed by atoms with Gasteiger partial charge in [-0.1, -0.05) is 30.3 Å². The number of hydrogen-bond acceptors (Lipinski definition) is 9. The predicted molar refractivity (Wildman–Crippen MR) is 127 cm³/mol. The van der Waals surface area contributed by atoms with Gasteiger partial charge in [-0.3, -0.25) is 10.3 Å². The van der Waals surface area contributed by atoms with Crippen molar-refractivity contribution < 1.29 is 9.15 Å². The number of ether oxygens (including phenoxy) is 1. The molecule has 6 rings (SSSR count). The fourth-order valence-corrected chi connectivity index (χ4v) is 4.75. The third kappa shape index (κ3) is 4.38. The maximum Gasteiger partial charge on any atom is 0.227 e. The van der Waals surface area contributed by atoms with Gasteiger partial charge in [-0.2, -0.15) is 10.1 Å². The second kappa shape index (κ2) is 8.99. The summed E-state index contributed by atoms with van der Waals surface area (Å²) < 4.78 is 11.9. The second-order valence-corrected chi connectivity index (χ2v) is 8.84. The van der Waals surface area contributed by atoms with Gasteiger partial charge in [-0.15, -0.1) is 0 Å². The van der Waals surface area contributed by atoms with Crippen LogP contribution in [-0.2, 0) is 11.3 Å². The van der Waals surface area contributed by atoms with Crippen LogP contribution >= 0.6 is 0 Å². The lowest BCUT2D eigenvalue weighted by molar-refractivity contribution is 0.122. The molecular formula is C24H29N7O2. The Hall–Kier alpha value is -3.17. The summed E-state index contributed by atoms with van der Waals surface area (Å²) in [6, 6.07) is 12.3. The van der Waals surface area contributed by atoms with E-state index in [2.05, 4.69) is 43.8 Å². The zero-order valence-electron chi connectivity index (χ0n) is 18.7. The Bertz CT molecular complexity index is 1130. The van der Waals surface area contributed by atoms with Crippen LogP contribution < -0.4 is 15.6 Å². The number of aromatic nitrogens is 2. The number of hydrogen-bond donors (Lipinski definition) is 2. The Balaban J connectivity index is 1.25. The smallest absolute Gasteiger partial charge is 0.227 e. The molecule has 1 unspecified atom stereocenters. The standard InChI is InChI=1S/C24H29N7O2/c1-2-6-17(7-3-1)19-15-21(29-28-19)26-24-25-20-14-18(16-30-8-4-5-9-30)33-22(20)23(27-24)31-10-12-32-13-11-31/h1-3,6-7,14,21,29H,4-5,8-13,15-16H2,(H,25,26,27). The van der Waals surface area contributed by atoms with Crippen molar-refractivity contribution in [3.63, 3.8) is 0 Å². The van der Waals surface area contributed by atoms with Crippen LogP contribution in [0, 0.1) is 0 Å². The molecule has 3 aromatic rings. The van der Waals surface area contributed by atoms with E-state index in [4.69, 9.17) is 19.1 Å². The summed E-state index contributed by atoms with van der Waals surface area (Å²) in [5.41, 5.74) is 6.94. The van der Waals surface area contributed by atoms with Gasteiger partial charge in [0.1, 0.15) is 17.4 Å². The monoisotopic (exact) mass is 447 g/mol. The fourth-order valence-electron chi connectivity index (χ4n) is 4.75. The quantitative estimate of drug-likeness (QED) is 0.596. The minimum Gasteiger partial charge on any atom is -0.454 e. The molecule has 2 fully saturated rings. The lowest BCUT2D eigenvalue weighted by Crippen LogP contribution is -2.37. The molecular weight excluding hydrogens is 418 g/mol. The van der Waals surface area contributed by atoms with Crippen molar-refractivity contribution in [3.8, 4) is 0 Å². The molecule has 0 saturated carbocycles. The van der Waals surface area contributed by atoms with E-state index < -0.39 is 0 Å². The van der Waals surface area contributed by atoms with Crippen LogP contribution in [0.15, 0.2) is 45.9 Å². The summed E-state index contributed by atoms with van der Waals surface area (Å²) in [4.78, 5) is 14.4. The summed E-state index contributed by atoms with van der Waals surface area (Å²) in [6.45, 7) is 6.03. The highest BCUT2D eigenvalue weighted by Gasteiger charge is 2.25. The van der Waals surface area contributed by atoms with Gasteiger partial charge in [0, 0.05) is 25.6 Å². The zero-order valence-corrected chi connectivity index (χ0v) is 18.7. The highest BCUT2D eigenvalue weighted by Crippen LogP contribution is 2.30. The molecule has 0 spiro atoms. The number of rotatable bonds is 6. The van der Waals surface area contributed by atoms with Gasteiger partial charge in [-0.25, -0.2) is 4.98 Å². The number of furan rings is 1. The van der Waals surface area contributed by atoms with Gasteiger partial charge in [0.05, 0.1) is 25.5 Å². The fraction of sp³-hybridized carbons (Fsp3) is 0.458. The highest BCUT2D eigenvalue weighted by molar-refractivity contribution is 6.01. The van der Waals surface area contributed by atoms with E-state index in [-0.39, 0.29) is 6.17 Å². The first-order valence-corrected chi connectivity index (χ1v) is 11.8. The van der Waals surface area contributed by atoms with Crippen LogP contribution in [0.4, 0.5) is 11.8 Å². The van der Waals surface area contributed by atoms with Crippen LogP contribution in [0.25, 0.3) is 11.1 Å². The molecule has 9 nitrogen and oxygen atoms in total. The maximum absolute atomic E-state index is 6.30. The largest absolute Gasteiger partial charge is 0.454 e. The van der Waals surface area contributed by atoms with Crippen molar-refractivity contribution in [3.05, 3.63) is 47.7 Å². The minimum atomic E-state index is -0.0637. The van der Waals surface area contributed by atoms with E-state index in [9.17, 15) is 0 Å². The van der Waals surface area contributed by atoms with Crippen LogP contribution in [0.5, 0.6) is 0 Å². The van der Waals surface area contributed by atoms with Crippen LogP contribution in [0.3, 0.4) is 0 Å². The number of benzene rings is 1. The zero-order chi connectivity index (χ0) is 22.0. The summed E-state index contributed by atoms with van der Waals surface area (Å²) >= 11 is 0. The molecule has 2 saturated heterocycles. The number of fused-ring (bicyclic) bond motifs is 1. The van der Waals surface area contributed by atoms with Gasteiger partial charge in [0.15, 0.2) is 11.4 Å². The van der Waals surface area contributed by atoms with E-state index >= 15 is 0 Å².